The SMILES string of the molecule is Cc1cnc(C)n1CC1CCCN(C(=O)C2CCCCC2)C1. The molecule has 4 nitrogen and oxygen atoms in total. The molecule has 0 spiro atoms. The Kier molecular flexibility index (Phi) is 4.84. The first-order chi connectivity index (χ1) is 10.6. The molecule has 0 N–H and O–H groups in total. The minimum Gasteiger partial charge on any atom is -0.342 e. The van der Waals surface area contributed by atoms with Gasteiger partial charge >= 0.3 is 0 Å². The number of nitrogens with zero attached hydrogens (tertiary/aromatic N) is 3. The van der Waals surface area contributed by atoms with Crippen LogP contribution in [0, 0.1) is 25.7 Å². The number of aromatic nitrogens is 2. The molecule has 1 atom stereocenters. The maximum absolute atomic E-state index is 12.7. The fraction of sp³-hybridized carbons (Fsp3) is 0.778. The largest absolute Gasteiger partial charge is 0.342 e. The summed E-state index contributed by atoms with van der Waals surface area (Å²) in [4.78, 5) is 19.3. The number of piperidine rings is 1. The molecule has 2 heterocycles. The summed E-state index contributed by atoms with van der Waals surface area (Å²) in [5.74, 6) is 2.41. The summed E-state index contributed by atoms with van der Waals surface area (Å²) < 4.78 is 2.30. The van der Waals surface area contributed by atoms with E-state index in [2.05, 4.69) is 28.3 Å². The normalized spacial score (nSPS) is 23.7. The van der Waals surface area contributed by atoms with Gasteiger partial charge in [-0.2, -0.15) is 0 Å². The highest BCUT2D eigenvalue weighted by atomic mass is 16.2. The molecular formula is C18H29N3O. The van der Waals surface area contributed by atoms with Gasteiger partial charge in [0.05, 0.1) is 0 Å². The van der Waals surface area contributed by atoms with Gasteiger partial charge in [0.1, 0.15) is 5.82 Å². The minimum absolute atomic E-state index is 0.309. The average molecular weight is 303 g/mol. The Bertz CT molecular complexity index is 497. The average Bonchev–Trinajstić information content (AvgIpc) is 2.87. The first-order valence-corrected chi connectivity index (χ1v) is 8.92. The Morgan fingerprint density at radius 1 is 1.18 bits per heavy atom. The molecule has 1 saturated heterocycles. The van der Waals surface area contributed by atoms with Gasteiger partial charge in [-0.3, -0.25) is 4.79 Å². The third kappa shape index (κ3) is 3.36. The fourth-order valence-electron chi connectivity index (χ4n) is 4.14. The third-order valence-electron chi connectivity index (χ3n) is 5.48. The number of carbonyl (C=O) groups is 1. The van der Waals surface area contributed by atoms with Gasteiger partial charge in [-0.1, -0.05) is 19.3 Å². The number of likely N-dealkylation sites (tertiary alicyclic amines) is 1. The van der Waals surface area contributed by atoms with Gasteiger partial charge in [0.15, 0.2) is 0 Å². The first-order valence-electron chi connectivity index (χ1n) is 8.92. The zero-order chi connectivity index (χ0) is 15.5. The summed E-state index contributed by atoms with van der Waals surface area (Å²) in [7, 11) is 0. The topological polar surface area (TPSA) is 38.1 Å². The van der Waals surface area contributed by atoms with Crippen molar-refractivity contribution >= 4 is 5.91 Å². The molecule has 1 unspecified atom stereocenters. The van der Waals surface area contributed by atoms with Crippen molar-refractivity contribution in [3.8, 4) is 0 Å². The highest BCUT2D eigenvalue weighted by Gasteiger charge is 2.30. The summed E-state index contributed by atoms with van der Waals surface area (Å²) in [6.45, 7) is 7.10. The zero-order valence-corrected chi connectivity index (χ0v) is 14.1. The second-order valence-electron chi connectivity index (χ2n) is 7.18. The number of hydrogen-bond acceptors (Lipinski definition) is 2. The van der Waals surface area contributed by atoms with Crippen molar-refractivity contribution in [2.45, 2.75) is 65.3 Å². The molecule has 2 aliphatic rings. The van der Waals surface area contributed by atoms with E-state index in [-0.39, 0.29) is 0 Å². The van der Waals surface area contributed by atoms with Crippen LogP contribution in [0.5, 0.6) is 0 Å². The van der Waals surface area contributed by atoms with Crippen LogP contribution >= 0.6 is 0 Å². The smallest absolute Gasteiger partial charge is 0.225 e. The minimum atomic E-state index is 0.309. The molecule has 22 heavy (non-hydrogen) atoms. The number of hydrogen-bond donors (Lipinski definition) is 0. The molecule has 1 amide bonds. The Balaban J connectivity index is 1.60. The van der Waals surface area contributed by atoms with E-state index >= 15 is 0 Å². The summed E-state index contributed by atoms with van der Waals surface area (Å²) in [5.41, 5.74) is 1.23. The monoisotopic (exact) mass is 303 g/mol. The highest BCUT2D eigenvalue weighted by molar-refractivity contribution is 5.79. The fourth-order valence-corrected chi connectivity index (χ4v) is 4.14. The van der Waals surface area contributed by atoms with Crippen molar-refractivity contribution in [2.24, 2.45) is 11.8 Å². The van der Waals surface area contributed by atoms with E-state index in [1.807, 2.05) is 6.20 Å². The molecule has 122 valence electrons. The molecule has 0 radical (unpaired) electrons. The predicted molar refractivity (Wildman–Crippen MR) is 87.6 cm³/mol. The molecule has 4 heteroatoms. The summed E-state index contributed by atoms with van der Waals surface area (Å²) in [6.07, 6.45) is 10.3. The van der Waals surface area contributed by atoms with Crippen molar-refractivity contribution in [1.29, 1.82) is 0 Å². The lowest BCUT2D eigenvalue weighted by Gasteiger charge is -2.36. The molecule has 1 aliphatic carbocycles. The molecular weight excluding hydrogens is 274 g/mol. The third-order valence-corrected chi connectivity index (χ3v) is 5.48. The van der Waals surface area contributed by atoms with E-state index in [0.717, 1.165) is 44.7 Å². The van der Waals surface area contributed by atoms with Gasteiger partial charge in [-0.25, -0.2) is 4.98 Å². The van der Waals surface area contributed by atoms with Gasteiger partial charge < -0.3 is 9.47 Å². The Morgan fingerprint density at radius 3 is 2.64 bits per heavy atom. The van der Waals surface area contributed by atoms with E-state index in [1.54, 1.807) is 0 Å². The number of amides is 1. The Hall–Kier alpha value is -1.32. The van der Waals surface area contributed by atoms with E-state index in [1.165, 1.54) is 31.4 Å². The van der Waals surface area contributed by atoms with E-state index < -0.39 is 0 Å². The summed E-state index contributed by atoms with van der Waals surface area (Å²) >= 11 is 0. The van der Waals surface area contributed by atoms with Crippen LogP contribution in [-0.2, 0) is 11.3 Å². The van der Waals surface area contributed by atoms with Gasteiger partial charge in [0.25, 0.3) is 0 Å². The molecule has 0 bridgehead atoms. The van der Waals surface area contributed by atoms with Crippen LogP contribution in [-0.4, -0.2) is 33.4 Å². The maximum Gasteiger partial charge on any atom is 0.225 e. The molecule has 3 rings (SSSR count). The van der Waals surface area contributed by atoms with Gasteiger partial charge in [-0.15, -0.1) is 0 Å². The Labute approximate surface area is 133 Å². The molecule has 1 aliphatic heterocycles. The van der Waals surface area contributed by atoms with E-state index in [0.29, 0.717) is 17.7 Å². The van der Waals surface area contributed by atoms with Crippen LogP contribution < -0.4 is 0 Å². The van der Waals surface area contributed by atoms with Crippen LogP contribution in [0.3, 0.4) is 0 Å². The van der Waals surface area contributed by atoms with Crippen molar-refractivity contribution in [3.63, 3.8) is 0 Å². The second-order valence-corrected chi connectivity index (χ2v) is 7.18. The highest BCUT2D eigenvalue weighted by Crippen LogP contribution is 2.28. The van der Waals surface area contributed by atoms with E-state index in [4.69, 9.17) is 0 Å². The standard InChI is InChI=1S/C18H29N3O/c1-14-11-19-15(2)21(14)13-16-7-6-10-20(12-16)18(22)17-8-4-3-5-9-17/h11,16-17H,3-10,12-13H2,1-2H3. The molecule has 1 aromatic rings. The maximum atomic E-state index is 12.7. The van der Waals surface area contributed by atoms with Crippen LogP contribution in [0.25, 0.3) is 0 Å². The quantitative estimate of drug-likeness (QED) is 0.859. The molecule has 0 aromatic carbocycles. The van der Waals surface area contributed by atoms with Gasteiger partial charge in [0, 0.05) is 37.4 Å². The van der Waals surface area contributed by atoms with Crippen LogP contribution in [0.1, 0.15) is 56.5 Å². The van der Waals surface area contributed by atoms with Crippen LogP contribution in [0.15, 0.2) is 6.20 Å². The zero-order valence-electron chi connectivity index (χ0n) is 14.1. The molecule has 1 aromatic heterocycles. The van der Waals surface area contributed by atoms with Crippen LogP contribution in [0.4, 0.5) is 0 Å². The molecule has 2 fully saturated rings. The number of imidazole rings is 1. The first kappa shape index (κ1) is 15.6. The van der Waals surface area contributed by atoms with Crippen molar-refractivity contribution in [1.82, 2.24) is 14.5 Å². The van der Waals surface area contributed by atoms with Crippen molar-refractivity contribution in [3.05, 3.63) is 17.7 Å². The number of rotatable bonds is 3. The lowest BCUT2D eigenvalue weighted by molar-refractivity contribution is -0.138. The van der Waals surface area contributed by atoms with E-state index in [9.17, 15) is 4.79 Å². The van der Waals surface area contributed by atoms with Gasteiger partial charge in [0.2, 0.25) is 5.91 Å². The Morgan fingerprint density at radius 2 is 1.95 bits per heavy atom. The predicted octanol–water partition coefficient (Wildman–Crippen LogP) is 3.32. The lowest BCUT2D eigenvalue weighted by atomic mass is 9.87. The second kappa shape index (κ2) is 6.84. The number of carbonyl (C=O) groups excluding carboxylic acids is 1. The number of aryl methyl sites for hydroxylation is 2. The van der Waals surface area contributed by atoms with Crippen molar-refractivity contribution in [2.75, 3.05) is 13.1 Å². The summed E-state index contributed by atoms with van der Waals surface area (Å²) in [6, 6.07) is 0. The molecule has 1 saturated carbocycles. The van der Waals surface area contributed by atoms with Crippen LogP contribution in [0.2, 0.25) is 0 Å². The van der Waals surface area contributed by atoms with Crippen molar-refractivity contribution < 1.29 is 4.79 Å². The lowest BCUT2D eigenvalue weighted by Crippen LogP contribution is -2.44. The summed E-state index contributed by atoms with van der Waals surface area (Å²) in [5, 5.41) is 0. The van der Waals surface area contributed by atoms with Gasteiger partial charge in [-0.05, 0) is 45.4 Å².